The molecular formula is C9H16N2OS. The van der Waals surface area contributed by atoms with Gasteiger partial charge >= 0.3 is 0 Å². The predicted octanol–water partition coefficient (Wildman–Crippen LogP) is 2.28. The van der Waals surface area contributed by atoms with E-state index in [9.17, 15) is 0 Å². The van der Waals surface area contributed by atoms with Crippen LogP contribution in [-0.4, -0.2) is 22.3 Å². The van der Waals surface area contributed by atoms with Gasteiger partial charge < -0.3 is 14.3 Å². The van der Waals surface area contributed by atoms with Crippen molar-refractivity contribution in [1.82, 2.24) is 9.55 Å². The molecule has 1 N–H and O–H groups in total. The number of nitrogens with zero attached hydrogens (tertiary/aromatic N) is 1. The van der Waals surface area contributed by atoms with Crippen molar-refractivity contribution in [1.29, 1.82) is 0 Å². The van der Waals surface area contributed by atoms with Crippen LogP contribution in [0, 0.1) is 11.7 Å². The number of rotatable bonds is 4. The SMILES string of the molecule is CCOC(C)Cn1cc(C)[nH]c1=S. The lowest BCUT2D eigenvalue weighted by molar-refractivity contribution is 0.0637. The van der Waals surface area contributed by atoms with Crippen molar-refractivity contribution < 1.29 is 4.74 Å². The molecular weight excluding hydrogens is 184 g/mol. The summed E-state index contributed by atoms with van der Waals surface area (Å²) in [4.78, 5) is 3.08. The summed E-state index contributed by atoms with van der Waals surface area (Å²) >= 11 is 5.13. The molecule has 13 heavy (non-hydrogen) atoms. The van der Waals surface area contributed by atoms with E-state index in [4.69, 9.17) is 17.0 Å². The third-order valence-electron chi connectivity index (χ3n) is 1.82. The number of H-pyrrole nitrogens is 1. The highest BCUT2D eigenvalue weighted by molar-refractivity contribution is 7.71. The van der Waals surface area contributed by atoms with Gasteiger partial charge in [0, 0.05) is 18.5 Å². The Morgan fingerprint density at radius 2 is 2.38 bits per heavy atom. The van der Waals surface area contributed by atoms with E-state index in [1.165, 1.54) is 0 Å². The molecule has 0 spiro atoms. The van der Waals surface area contributed by atoms with Gasteiger partial charge in [0.2, 0.25) is 0 Å². The molecule has 0 saturated carbocycles. The molecule has 1 atom stereocenters. The Kier molecular flexibility index (Phi) is 3.69. The Labute approximate surface area is 83.7 Å². The van der Waals surface area contributed by atoms with Crippen LogP contribution >= 0.6 is 12.2 Å². The van der Waals surface area contributed by atoms with Gasteiger partial charge in [-0.2, -0.15) is 0 Å². The summed E-state index contributed by atoms with van der Waals surface area (Å²) in [6, 6.07) is 0. The van der Waals surface area contributed by atoms with Crippen molar-refractivity contribution in [3.8, 4) is 0 Å². The van der Waals surface area contributed by atoms with Crippen molar-refractivity contribution in [3.63, 3.8) is 0 Å². The normalized spacial score (nSPS) is 13.2. The van der Waals surface area contributed by atoms with Crippen molar-refractivity contribution in [2.24, 2.45) is 0 Å². The summed E-state index contributed by atoms with van der Waals surface area (Å²) in [6.45, 7) is 7.61. The van der Waals surface area contributed by atoms with Crippen LogP contribution in [0.4, 0.5) is 0 Å². The molecule has 0 saturated heterocycles. The molecule has 0 aromatic carbocycles. The number of imidazole rings is 1. The molecule has 1 unspecified atom stereocenters. The number of hydrogen-bond acceptors (Lipinski definition) is 2. The molecule has 3 nitrogen and oxygen atoms in total. The fourth-order valence-electron chi connectivity index (χ4n) is 1.31. The first-order chi connectivity index (χ1) is 6.13. The molecule has 1 heterocycles. The molecule has 0 radical (unpaired) electrons. The zero-order valence-corrected chi connectivity index (χ0v) is 9.15. The number of aryl methyl sites for hydroxylation is 1. The Balaban J connectivity index is 2.63. The summed E-state index contributed by atoms with van der Waals surface area (Å²) in [5.41, 5.74) is 1.09. The minimum atomic E-state index is 0.215. The van der Waals surface area contributed by atoms with Gasteiger partial charge in [0.25, 0.3) is 0 Å². The Morgan fingerprint density at radius 1 is 1.69 bits per heavy atom. The van der Waals surface area contributed by atoms with Gasteiger partial charge in [-0.25, -0.2) is 0 Å². The number of hydrogen-bond donors (Lipinski definition) is 1. The second kappa shape index (κ2) is 4.58. The fraction of sp³-hybridized carbons (Fsp3) is 0.667. The largest absolute Gasteiger partial charge is 0.377 e. The highest BCUT2D eigenvalue weighted by atomic mass is 32.1. The lowest BCUT2D eigenvalue weighted by atomic mass is 10.4. The average Bonchev–Trinajstić information content (AvgIpc) is 2.30. The van der Waals surface area contributed by atoms with Crippen molar-refractivity contribution in [2.45, 2.75) is 33.4 Å². The lowest BCUT2D eigenvalue weighted by Crippen LogP contribution is -2.15. The molecule has 0 aliphatic heterocycles. The fourth-order valence-corrected chi connectivity index (χ4v) is 1.60. The van der Waals surface area contributed by atoms with Crippen LogP contribution in [0.5, 0.6) is 0 Å². The second-order valence-electron chi connectivity index (χ2n) is 3.16. The Bertz CT molecular complexity index is 316. The standard InChI is InChI=1S/C9H16N2OS/c1-4-12-8(3)6-11-5-7(2)10-9(11)13/h5,8H,4,6H2,1-3H3,(H,10,13). The van der Waals surface area contributed by atoms with Gasteiger partial charge in [0.05, 0.1) is 12.6 Å². The quantitative estimate of drug-likeness (QED) is 0.756. The molecule has 74 valence electrons. The van der Waals surface area contributed by atoms with Crippen LogP contribution in [0.2, 0.25) is 0 Å². The van der Waals surface area contributed by atoms with Crippen LogP contribution in [0.1, 0.15) is 19.5 Å². The summed E-state index contributed by atoms with van der Waals surface area (Å²) < 4.78 is 8.20. The average molecular weight is 200 g/mol. The molecule has 4 heteroatoms. The van der Waals surface area contributed by atoms with Gasteiger partial charge in [-0.05, 0) is 33.0 Å². The molecule has 0 bridgehead atoms. The van der Waals surface area contributed by atoms with E-state index < -0.39 is 0 Å². The van der Waals surface area contributed by atoms with Crippen LogP contribution in [-0.2, 0) is 11.3 Å². The zero-order chi connectivity index (χ0) is 9.84. The molecule has 1 aromatic heterocycles. The first-order valence-corrected chi connectivity index (χ1v) is 4.92. The van der Waals surface area contributed by atoms with E-state index >= 15 is 0 Å². The summed E-state index contributed by atoms with van der Waals surface area (Å²) in [6.07, 6.45) is 2.23. The molecule has 1 rings (SSSR count). The van der Waals surface area contributed by atoms with Gasteiger partial charge in [-0.15, -0.1) is 0 Å². The lowest BCUT2D eigenvalue weighted by Gasteiger charge is -2.11. The van der Waals surface area contributed by atoms with Crippen LogP contribution < -0.4 is 0 Å². The topological polar surface area (TPSA) is 29.9 Å². The van der Waals surface area contributed by atoms with Crippen molar-refractivity contribution >= 4 is 12.2 Å². The van der Waals surface area contributed by atoms with E-state index in [0.29, 0.717) is 0 Å². The Morgan fingerprint density at radius 3 is 2.85 bits per heavy atom. The van der Waals surface area contributed by atoms with E-state index in [1.54, 1.807) is 0 Å². The molecule has 0 fully saturated rings. The van der Waals surface area contributed by atoms with E-state index in [-0.39, 0.29) is 6.10 Å². The summed E-state index contributed by atoms with van der Waals surface area (Å²) in [5, 5.41) is 0. The molecule has 1 aromatic rings. The van der Waals surface area contributed by atoms with Crippen LogP contribution in [0.15, 0.2) is 6.20 Å². The third kappa shape index (κ3) is 2.97. The van der Waals surface area contributed by atoms with E-state index in [0.717, 1.165) is 23.6 Å². The highest BCUT2D eigenvalue weighted by Crippen LogP contribution is 2.01. The third-order valence-corrected chi connectivity index (χ3v) is 2.16. The minimum Gasteiger partial charge on any atom is -0.377 e. The van der Waals surface area contributed by atoms with E-state index in [2.05, 4.69) is 4.98 Å². The van der Waals surface area contributed by atoms with Crippen molar-refractivity contribution in [2.75, 3.05) is 6.61 Å². The van der Waals surface area contributed by atoms with Gasteiger partial charge in [0.15, 0.2) is 4.77 Å². The van der Waals surface area contributed by atoms with Crippen LogP contribution in [0.3, 0.4) is 0 Å². The second-order valence-corrected chi connectivity index (χ2v) is 3.55. The maximum atomic E-state index is 5.43. The van der Waals surface area contributed by atoms with Gasteiger partial charge in [-0.3, -0.25) is 0 Å². The maximum Gasteiger partial charge on any atom is 0.177 e. The van der Waals surface area contributed by atoms with Gasteiger partial charge in [0.1, 0.15) is 0 Å². The van der Waals surface area contributed by atoms with Crippen molar-refractivity contribution in [3.05, 3.63) is 16.7 Å². The summed E-state index contributed by atoms with van der Waals surface area (Å²) in [5.74, 6) is 0. The van der Waals surface area contributed by atoms with Crippen LogP contribution in [0.25, 0.3) is 0 Å². The minimum absolute atomic E-state index is 0.215. The first-order valence-electron chi connectivity index (χ1n) is 4.51. The Hall–Kier alpha value is -0.610. The predicted molar refractivity (Wildman–Crippen MR) is 55.4 cm³/mol. The van der Waals surface area contributed by atoms with Gasteiger partial charge in [-0.1, -0.05) is 0 Å². The number of aromatic nitrogens is 2. The first kappa shape index (κ1) is 10.5. The van der Waals surface area contributed by atoms with E-state index in [1.807, 2.05) is 31.5 Å². The highest BCUT2D eigenvalue weighted by Gasteiger charge is 2.03. The maximum absolute atomic E-state index is 5.43. The smallest absolute Gasteiger partial charge is 0.177 e. The monoisotopic (exact) mass is 200 g/mol. The molecule has 0 aliphatic rings. The molecule has 0 aliphatic carbocycles. The number of ether oxygens (including phenoxy) is 1. The number of aromatic amines is 1. The molecule has 0 amide bonds. The zero-order valence-electron chi connectivity index (χ0n) is 8.33. The number of nitrogens with one attached hydrogen (secondary N) is 1. The summed E-state index contributed by atoms with van der Waals surface area (Å²) in [7, 11) is 0.